The minimum absolute atomic E-state index is 0.160. The first-order chi connectivity index (χ1) is 11.7. The Kier molecular flexibility index (Phi) is 6.30. The predicted octanol–water partition coefficient (Wildman–Crippen LogP) is 4.88. The van der Waals surface area contributed by atoms with Gasteiger partial charge in [-0.15, -0.1) is 0 Å². The number of nitrogens with two attached hydrogens (primary N) is 1. The van der Waals surface area contributed by atoms with E-state index in [2.05, 4.69) is 23.8 Å². The highest BCUT2D eigenvalue weighted by Gasteiger charge is 2.22. The lowest BCUT2D eigenvalue weighted by atomic mass is 9.93. The Bertz CT molecular complexity index is 723. The number of halogens is 3. The van der Waals surface area contributed by atoms with E-state index in [9.17, 15) is 8.78 Å². The third-order valence-electron chi connectivity index (χ3n) is 3.55. The van der Waals surface area contributed by atoms with E-state index in [0.29, 0.717) is 29.5 Å². The molecule has 136 valence electrons. The molecule has 0 spiro atoms. The molecule has 2 aromatic heterocycles. The molecule has 0 aliphatic rings. The number of pyridine rings is 2. The number of rotatable bonds is 7. The molecule has 1 atom stereocenters. The van der Waals surface area contributed by atoms with Crippen molar-refractivity contribution in [3.63, 3.8) is 0 Å². The predicted molar refractivity (Wildman–Crippen MR) is 95.0 cm³/mol. The van der Waals surface area contributed by atoms with E-state index >= 15 is 0 Å². The molecule has 0 aliphatic heterocycles. The lowest BCUT2D eigenvalue weighted by Gasteiger charge is -2.26. The van der Waals surface area contributed by atoms with Gasteiger partial charge in [0, 0.05) is 17.3 Å². The van der Waals surface area contributed by atoms with Crippen LogP contribution in [-0.2, 0) is 0 Å². The summed E-state index contributed by atoms with van der Waals surface area (Å²) in [6, 6.07) is 6.23. The van der Waals surface area contributed by atoms with Crippen LogP contribution in [0, 0.1) is 5.92 Å². The lowest BCUT2D eigenvalue weighted by molar-refractivity contribution is 0.146. The second-order valence-corrected chi connectivity index (χ2v) is 7.15. The van der Waals surface area contributed by atoms with Crippen LogP contribution in [0.2, 0.25) is 5.15 Å². The van der Waals surface area contributed by atoms with Gasteiger partial charge in [0.2, 0.25) is 0 Å². The second kappa shape index (κ2) is 8.06. The number of ether oxygens (including phenoxy) is 1. The summed E-state index contributed by atoms with van der Waals surface area (Å²) in [5.74, 6) is 0.860. The fraction of sp³-hybridized carbons (Fsp3) is 0.444. The molecular formula is C18H22ClF2N3O. The van der Waals surface area contributed by atoms with Crippen LogP contribution >= 0.6 is 11.6 Å². The number of hydrogen-bond acceptors (Lipinski definition) is 4. The summed E-state index contributed by atoms with van der Waals surface area (Å²) in [5.41, 5.74) is 6.42. The molecule has 0 radical (unpaired) electrons. The maximum atomic E-state index is 12.8. The summed E-state index contributed by atoms with van der Waals surface area (Å²) < 4.78 is 31.2. The van der Waals surface area contributed by atoms with Crippen molar-refractivity contribution in [3.8, 4) is 17.0 Å². The highest BCUT2D eigenvalue weighted by atomic mass is 35.5. The van der Waals surface area contributed by atoms with Crippen molar-refractivity contribution in [2.75, 3.05) is 6.61 Å². The fourth-order valence-corrected chi connectivity index (χ4v) is 2.86. The molecule has 0 saturated heterocycles. The van der Waals surface area contributed by atoms with Crippen molar-refractivity contribution < 1.29 is 13.5 Å². The Morgan fingerprint density at radius 3 is 2.60 bits per heavy atom. The first kappa shape index (κ1) is 19.5. The van der Waals surface area contributed by atoms with Gasteiger partial charge in [-0.3, -0.25) is 4.98 Å². The van der Waals surface area contributed by atoms with E-state index in [1.165, 1.54) is 12.3 Å². The van der Waals surface area contributed by atoms with E-state index < -0.39 is 12.0 Å². The first-order valence-corrected chi connectivity index (χ1v) is 8.38. The van der Waals surface area contributed by atoms with Gasteiger partial charge in [-0.1, -0.05) is 25.4 Å². The SMILES string of the molecule is CC(C)C[C@](C)(N)COc1ccc(-c2ccnc(C(F)F)c2)nc1Cl. The van der Waals surface area contributed by atoms with Crippen molar-refractivity contribution in [2.24, 2.45) is 11.7 Å². The molecule has 25 heavy (non-hydrogen) atoms. The van der Waals surface area contributed by atoms with E-state index in [0.717, 1.165) is 6.42 Å². The average molecular weight is 370 g/mol. The number of hydrogen-bond donors (Lipinski definition) is 1. The van der Waals surface area contributed by atoms with Crippen LogP contribution in [0.5, 0.6) is 5.75 Å². The average Bonchev–Trinajstić information content (AvgIpc) is 2.52. The molecule has 0 unspecified atom stereocenters. The highest BCUT2D eigenvalue weighted by Crippen LogP contribution is 2.29. The lowest BCUT2D eigenvalue weighted by Crippen LogP contribution is -2.43. The van der Waals surface area contributed by atoms with Gasteiger partial charge >= 0.3 is 0 Å². The minimum Gasteiger partial charge on any atom is -0.488 e. The smallest absolute Gasteiger partial charge is 0.280 e. The van der Waals surface area contributed by atoms with Gasteiger partial charge in [0.15, 0.2) is 10.9 Å². The summed E-state index contributed by atoms with van der Waals surface area (Å²) in [5, 5.41) is 0.160. The maximum Gasteiger partial charge on any atom is 0.280 e. The molecule has 0 saturated carbocycles. The Balaban J connectivity index is 2.14. The monoisotopic (exact) mass is 369 g/mol. The quantitative estimate of drug-likeness (QED) is 0.707. The molecule has 0 fully saturated rings. The topological polar surface area (TPSA) is 61.0 Å². The zero-order chi connectivity index (χ0) is 18.6. The van der Waals surface area contributed by atoms with Gasteiger partial charge in [-0.25, -0.2) is 13.8 Å². The van der Waals surface area contributed by atoms with E-state index in [4.69, 9.17) is 22.1 Å². The summed E-state index contributed by atoms with van der Waals surface area (Å²) in [7, 11) is 0. The molecule has 2 N–H and O–H groups in total. The Hall–Kier alpha value is -1.79. The molecule has 0 aromatic carbocycles. The van der Waals surface area contributed by atoms with Gasteiger partial charge in [0.25, 0.3) is 6.43 Å². The largest absolute Gasteiger partial charge is 0.488 e. The van der Waals surface area contributed by atoms with Crippen LogP contribution in [0.25, 0.3) is 11.3 Å². The number of alkyl halides is 2. The fourth-order valence-electron chi connectivity index (χ4n) is 2.65. The standard InChI is InChI=1S/C18H22ClF2N3O/c1-11(2)9-18(3,22)10-25-15-5-4-13(24-16(15)19)12-6-7-23-14(8-12)17(20)21/h4-8,11,17H,9-10,22H2,1-3H3/t18-/m0/s1. The van der Waals surface area contributed by atoms with Crippen molar-refractivity contribution in [2.45, 2.75) is 39.2 Å². The Morgan fingerprint density at radius 1 is 1.28 bits per heavy atom. The third kappa shape index (κ3) is 5.61. The van der Waals surface area contributed by atoms with Crippen LogP contribution < -0.4 is 10.5 Å². The van der Waals surface area contributed by atoms with Gasteiger partial charge < -0.3 is 10.5 Å². The van der Waals surface area contributed by atoms with E-state index in [1.807, 2.05) is 6.92 Å². The van der Waals surface area contributed by atoms with Crippen LogP contribution in [0.15, 0.2) is 30.5 Å². The second-order valence-electron chi connectivity index (χ2n) is 6.80. The Morgan fingerprint density at radius 2 is 2.00 bits per heavy atom. The molecule has 0 aliphatic carbocycles. The highest BCUT2D eigenvalue weighted by molar-refractivity contribution is 6.30. The van der Waals surface area contributed by atoms with Gasteiger partial charge in [-0.05, 0) is 43.5 Å². The zero-order valence-corrected chi connectivity index (χ0v) is 15.2. The zero-order valence-electron chi connectivity index (χ0n) is 14.5. The molecule has 2 heterocycles. The molecule has 4 nitrogen and oxygen atoms in total. The minimum atomic E-state index is -2.64. The molecular weight excluding hydrogens is 348 g/mol. The van der Waals surface area contributed by atoms with Crippen LogP contribution in [0.4, 0.5) is 8.78 Å². The van der Waals surface area contributed by atoms with Crippen LogP contribution in [0.3, 0.4) is 0 Å². The van der Waals surface area contributed by atoms with Gasteiger partial charge in [0.1, 0.15) is 12.3 Å². The summed E-state index contributed by atoms with van der Waals surface area (Å²) in [6.45, 7) is 6.41. The van der Waals surface area contributed by atoms with Crippen LogP contribution in [-0.4, -0.2) is 22.1 Å². The maximum absolute atomic E-state index is 12.8. The molecule has 2 aromatic rings. The Labute approximate surface area is 151 Å². The van der Waals surface area contributed by atoms with Gasteiger partial charge in [-0.2, -0.15) is 0 Å². The molecule has 0 amide bonds. The van der Waals surface area contributed by atoms with Crippen molar-refractivity contribution >= 4 is 11.6 Å². The normalized spacial score (nSPS) is 14.0. The number of aromatic nitrogens is 2. The van der Waals surface area contributed by atoms with Crippen molar-refractivity contribution in [1.82, 2.24) is 9.97 Å². The summed E-state index contributed by atoms with van der Waals surface area (Å²) in [6.07, 6.45) is -0.507. The van der Waals surface area contributed by atoms with Crippen molar-refractivity contribution in [1.29, 1.82) is 0 Å². The molecule has 0 bridgehead atoms. The number of nitrogens with zero attached hydrogens (tertiary/aromatic N) is 2. The van der Waals surface area contributed by atoms with Gasteiger partial charge in [0.05, 0.1) is 5.69 Å². The van der Waals surface area contributed by atoms with Crippen molar-refractivity contribution in [3.05, 3.63) is 41.3 Å². The van der Waals surface area contributed by atoms with Crippen LogP contribution in [0.1, 0.15) is 39.3 Å². The molecule has 7 heteroatoms. The summed E-state index contributed by atoms with van der Waals surface area (Å²) in [4.78, 5) is 7.87. The summed E-state index contributed by atoms with van der Waals surface area (Å²) >= 11 is 6.18. The van der Waals surface area contributed by atoms with E-state index in [1.54, 1.807) is 18.2 Å². The first-order valence-electron chi connectivity index (χ1n) is 8.00. The third-order valence-corrected chi connectivity index (χ3v) is 3.82. The van der Waals surface area contributed by atoms with E-state index in [-0.39, 0.29) is 10.8 Å². The molecule has 2 rings (SSSR count).